The van der Waals surface area contributed by atoms with E-state index < -0.39 is 11.2 Å². The first kappa shape index (κ1) is 17.9. The van der Waals surface area contributed by atoms with Crippen LogP contribution in [0.1, 0.15) is 19.4 Å². The normalized spacial score (nSPS) is 17.6. The molecule has 1 aliphatic heterocycles. The molecule has 1 fully saturated rings. The van der Waals surface area contributed by atoms with Gasteiger partial charge < -0.3 is 4.90 Å². The van der Waals surface area contributed by atoms with E-state index in [-0.39, 0.29) is 0 Å². The van der Waals surface area contributed by atoms with Crippen molar-refractivity contribution in [3.8, 4) is 0 Å². The fourth-order valence-electron chi connectivity index (χ4n) is 2.71. The Balaban J connectivity index is 0.000000924. The molecular weight excluding hydrogens is 310 g/mol. The molecule has 7 heteroatoms. The highest BCUT2D eigenvalue weighted by molar-refractivity contribution is 7.84. The van der Waals surface area contributed by atoms with Crippen molar-refractivity contribution >= 4 is 27.9 Å². The molecular formula is C16H27N5OS. The van der Waals surface area contributed by atoms with Crippen molar-refractivity contribution in [2.24, 2.45) is 7.05 Å². The Labute approximate surface area is 141 Å². The third-order valence-electron chi connectivity index (χ3n) is 3.95. The Morgan fingerprint density at radius 1 is 1.13 bits per heavy atom. The summed E-state index contributed by atoms with van der Waals surface area (Å²) in [6.07, 6.45) is 0. The van der Waals surface area contributed by atoms with E-state index >= 15 is 0 Å². The van der Waals surface area contributed by atoms with Crippen molar-refractivity contribution in [1.29, 1.82) is 0 Å². The second-order valence-electron chi connectivity index (χ2n) is 5.53. The first-order valence-corrected chi connectivity index (χ1v) is 9.21. The smallest absolute Gasteiger partial charge is 0.197 e. The van der Waals surface area contributed by atoms with Crippen LogP contribution in [0.25, 0.3) is 10.9 Å². The molecule has 1 unspecified atom stereocenters. The predicted molar refractivity (Wildman–Crippen MR) is 97.6 cm³/mol. The molecule has 0 saturated carbocycles. The number of rotatable bonds is 3. The molecule has 1 aromatic heterocycles. The third-order valence-corrected chi connectivity index (χ3v) is 5.15. The maximum absolute atomic E-state index is 12.5. The van der Waals surface area contributed by atoms with Gasteiger partial charge in [0.1, 0.15) is 0 Å². The maximum Gasteiger partial charge on any atom is 0.197 e. The fraction of sp³-hybridized carbons (Fsp3) is 0.562. The molecule has 1 aromatic carbocycles. The minimum Gasteiger partial charge on any atom is -0.304 e. The molecule has 128 valence electrons. The Bertz CT molecular complexity index is 676. The van der Waals surface area contributed by atoms with Gasteiger partial charge in [0.2, 0.25) is 0 Å². The number of nitrogens with one attached hydrogen (secondary N) is 1. The minimum atomic E-state index is -1.24. The van der Waals surface area contributed by atoms with Crippen LogP contribution in [0, 0.1) is 6.92 Å². The molecule has 2 aromatic rings. The molecule has 1 saturated heterocycles. The average molecular weight is 337 g/mol. The molecule has 23 heavy (non-hydrogen) atoms. The number of aryl methyl sites for hydroxylation is 2. The highest BCUT2D eigenvalue weighted by Crippen LogP contribution is 2.25. The summed E-state index contributed by atoms with van der Waals surface area (Å²) in [5, 5.41) is 5.49. The summed E-state index contributed by atoms with van der Waals surface area (Å²) in [5.74, 6) is 0.688. The number of benzene rings is 1. The summed E-state index contributed by atoms with van der Waals surface area (Å²) in [7, 11) is 4.00. The van der Waals surface area contributed by atoms with E-state index in [2.05, 4.69) is 34.8 Å². The van der Waals surface area contributed by atoms with Crippen LogP contribution in [0.3, 0.4) is 0 Å². The van der Waals surface area contributed by atoms with Gasteiger partial charge >= 0.3 is 0 Å². The predicted octanol–water partition coefficient (Wildman–Crippen LogP) is 2.15. The number of nitrogens with zero attached hydrogens (tertiary/aromatic N) is 4. The van der Waals surface area contributed by atoms with Crippen LogP contribution >= 0.6 is 0 Å². The fourth-order valence-corrected chi connectivity index (χ4v) is 3.65. The van der Waals surface area contributed by atoms with Crippen LogP contribution in [0.4, 0.5) is 5.82 Å². The number of fused-ring (bicyclic) bond motifs is 1. The van der Waals surface area contributed by atoms with Crippen LogP contribution in [-0.2, 0) is 18.2 Å². The maximum atomic E-state index is 12.5. The van der Waals surface area contributed by atoms with E-state index in [9.17, 15) is 4.21 Å². The Hall–Kier alpha value is -1.44. The van der Waals surface area contributed by atoms with Crippen molar-refractivity contribution in [3.05, 3.63) is 23.8 Å². The zero-order valence-electron chi connectivity index (χ0n) is 14.7. The SMILES string of the molecule is CC.Cc1cccc2c(NS(=O)N3CCN(C)CC3)nn(C)c12. The monoisotopic (exact) mass is 337 g/mol. The first-order chi connectivity index (χ1) is 11.1. The lowest BCUT2D eigenvalue weighted by Crippen LogP contribution is -2.46. The van der Waals surface area contributed by atoms with Gasteiger partial charge in [-0.3, -0.25) is 9.40 Å². The molecule has 0 amide bonds. The number of piperazine rings is 1. The van der Waals surface area contributed by atoms with Gasteiger partial charge in [-0.05, 0) is 25.6 Å². The lowest BCUT2D eigenvalue weighted by atomic mass is 10.1. The van der Waals surface area contributed by atoms with Crippen LogP contribution in [0.5, 0.6) is 0 Å². The van der Waals surface area contributed by atoms with Crippen molar-refractivity contribution < 1.29 is 4.21 Å². The molecule has 0 bridgehead atoms. The van der Waals surface area contributed by atoms with Gasteiger partial charge in [0.15, 0.2) is 17.0 Å². The molecule has 0 radical (unpaired) electrons. The van der Waals surface area contributed by atoms with Crippen molar-refractivity contribution in [1.82, 2.24) is 19.0 Å². The van der Waals surface area contributed by atoms with Crippen LogP contribution < -0.4 is 4.72 Å². The molecule has 2 heterocycles. The number of hydrogen-bond donors (Lipinski definition) is 1. The minimum absolute atomic E-state index is 0.688. The largest absolute Gasteiger partial charge is 0.304 e. The van der Waals surface area contributed by atoms with Gasteiger partial charge in [0.25, 0.3) is 0 Å². The Morgan fingerprint density at radius 3 is 2.43 bits per heavy atom. The molecule has 0 spiro atoms. The van der Waals surface area contributed by atoms with E-state index in [0.29, 0.717) is 5.82 Å². The lowest BCUT2D eigenvalue weighted by Gasteiger charge is -2.30. The molecule has 1 N–H and O–H groups in total. The number of likely N-dealkylation sites (N-methyl/N-ethyl adjacent to an activating group) is 1. The number of hydrogen-bond acceptors (Lipinski definition) is 3. The van der Waals surface area contributed by atoms with Gasteiger partial charge in [-0.2, -0.15) is 5.10 Å². The van der Waals surface area contributed by atoms with E-state index in [0.717, 1.165) is 37.1 Å². The summed E-state index contributed by atoms with van der Waals surface area (Å²) >= 11 is -1.24. The molecule has 0 aliphatic carbocycles. The molecule has 1 aliphatic rings. The lowest BCUT2D eigenvalue weighted by molar-refractivity contribution is 0.229. The summed E-state index contributed by atoms with van der Waals surface area (Å²) in [4.78, 5) is 2.24. The van der Waals surface area contributed by atoms with Gasteiger partial charge in [0, 0.05) is 38.6 Å². The number of aromatic nitrogens is 2. The van der Waals surface area contributed by atoms with Gasteiger partial charge in [-0.15, -0.1) is 0 Å². The number of anilines is 1. The van der Waals surface area contributed by atoms with E-state index in [1.165, 1.54) is 5.56 Å². The number of para-hydroxylation sites is 1. The van der Waals surface area contributed by atoms with E-state index in [4.69, 9.17) is 0 Å². The molecule has 3 rings (SSSR count). The Kier molecular flexibility index (Phi) is 6.15. The Morgan fingerprint density at radius 2 is 1.78 bits per heavy atom. The zero-order valence-corrected chi connectivity index (χ0v) is 15.5. The van der Waals surface area contributed by atoms with Gasteiger partial charge in [0.05, 0.1) is 5.52 Å². The van der Waals surface area contributed by atoms with Gasteiger partial charge in [-0.1, -0.05) is 26.0 Å². The summed E-state index contributed by atoms with van der Waals surface area (Å²) < 4.78 is 19.3. The average Bonchev–Trinajstić information content (AvgIpc) is 2.87. The van der Waals surface area contributed by atoms with Crippen molar-refractivity contribution in [2.75, 3.05) is 37.9 Å². The van der Waals surface area contributed by atoms with E-state index in [1.807, 2.05) is 42.0 Å². The van der Waals surface area contributed by atoms with Crippen LogP contribution in [0.15, 0.2) is 18.2 Å². The standard InChI is InChI=1S/C14H21N5OS.C2H6/c1-11-5-4-6-12-13(11)18(3)15-14(12)16-21(20)19-9-7-17(2)8-10-19;1-2/h4-6H,7-10H2,1-3H3,(H,15,16);1-2H3. The van der Waals surface area contributed by atoms with Crippen LogP contribution in [-0.4, -0.2) is 56.4 Å². The molecule has 1 atom stereocenters. The summed E-state index contributed by atoms with van der Waals surface area (Å²) in [6.45, 7) is 9.55. The highest BCUT2D eigenvalue weighted by Gasteiger charge is 2.21. The third kappa shape index (κ3) is 3.91. The second-order valence-corrected chi connectivity index (χ2v) is 6.75. The first-order valence-electron chi connectivity index (χ1n) is 8.10. The van der Waals surface area contributed by atoms with Crippen LogP contribution in [0.2, 0.25) is 0 Å². The summed E-state index contributed by atoms with van der Waals surface area (Å²) in [6, 6.07) is 6.08. The zero-order chi connectivity index (χ0) is 17.0. The highest BCUT2D eigenvalue weighted by atomic mass is 32.2. The topological polar surface area (TPSA) is 53.4 Å². The molecule has 6 nitrogen and oxygen atoms in total. The summed E-state index contributed by atoms with van der Waals surface area (Å²) in [5.41, 5.74) is 2.25. The van der Waals surface area contributed by atoms with Crippen molar-refractivity contribution in [3.63, 3.8) is 0 Å². The van der Waals surface area contributed by atoms with Gasteiger partial charge in [-0.25, -0.2) is 8.51 Å². The van der Waals surface area contributed by atoms with E-state index in [1.54, 1.807) is 0 Å². The van der Waals surface area contributed by atoms with Crippen molar-refractivity contribution in [2.45, 2.75) is 20.8 Å². The quantitative estimate of drug-likeness (QED) is 0.934. The second kappa shape index (κ2) is 7.90.